The van der Waals surface area contributed by atoms with Gasteiger partial charge < -0.3 is 39.0 Å². The molecule has 0 unspecified atom stereocenters. The molecular weight excluding hydrogens is 795 g/mol. The summed E-state index contributed by atoms with van der Waals surface area (Å²) in [5, 5.41) is 14.1. The van der Waals surface area contributed by atoms with Crippen LogP contribution in [-0.2, 0) is 30.2 Å². The fraction of sp³-hybridized carbons (Fsp3) is 0.157. The minimum absolute atomic E-state index is 0.259. The van der Waals surface area contributed by atoms with Crippen LogP contribution in [0.1, 0.15) is 39.6 Å². The predicted octanol–water partition coefficient (Wildman–Crippen LogP) is 7.90. The van der Waals surface area contributed by atoms with E-state index in [1.165, 1.54) is 17.2 Å². The van der Waals surface area contributed by atoms with E-state index in [2.05, 4.69) is 10.3 Å². The molecule has 8 aromatic rings. The summed E-state index contributed by atoms with van der Waals surface area (Å²) in [5.41, 5.74) is 2.97. The number of carbonyl (C=O) groups is 2. The van der Waals surface area contributed by atoms with Crippen molar-refractivity contribution in [2.75, 3.05) is 26.1 Å². The molecular formula is C51H45N5O7. The van der Waals surface area contributed by atoms with Gasteiger partial charge in [-0.2, -0.15) is 0 Å². The van der Waals surface area contributed by atoms with Crippen LogP contribution in [0.3, 0.4) is 0 Å². The van der Waals surface area contributed by atoms with Crippen molar-refractivity contribution in [3.8, 4) is 11.5 Å². The quantitative estimate of drug-likeness (QED) is 0.0605. The van der Waals surface area contributed by atoms with Gasteiger partial charge in [0.2, 0.25) is 0 Å². The number of aliphatic hydroxyl groups is 1. The van der Waals surface area contributed by atoms with Crippen molar-refractivity contribution in [3.05, 3.63) is 216 Å². The van der Waals surface area contributed by atoms with Crippen LogP contribution < -0.4 is 14.8 Å². The van der Waals surface area contributed by atoms with Crippen molar-refractivity contribution in [2.45, 2.75) is 29.6 Å². The van der Waals surface area contributed by atoms with E-state index < -0.39 is 36.2 Å². The number of hydrogen-bond acceptors (Lipinski definition) is 11. The lowest BCUT2D eigenvalue weighted by Crippen LogP contribution is -2.43. The molecule has 12 nitrogen and oxygen atoms in total. The van der Waals surface area contributed by atoms with E-state index in [9.17, 15) is 14.7 Å². The van der Waals surface area contributed by atoms with Crippen molar-refractivity contribution < 1.29 is 33.6 Å². The van der Waals surface area contributed by atoms with Gasteiger partial charge in [0.25, 0.3) is 0 Å². The number of aliphatic hydroxyl groups excluding tert-OH is 1. The number of nitrogens with zero attached hydrogens (tertiary/aromatic N) is 4. The largest absolute Gasteiger partial charge is 0.497 e. The Morgan fingerprint density at radius 3 is 1.52 bits per heavy atom. The topological polar surface area (TPSA) is 147 Å². The number of hydrogen-bond donors (Lipinski definition) is 2. The second-order valence-corrected chi connectivity index (χ2v) is 14.6. The molecule has 2 heterocycles. The number of nitrogens with one attached hydrogen (secondary N) is 1. The summed E-state index contributed by atoms with van der Waals surface area (Å²) < 4.78 is 26.1. The summed E-state index contributed by atoms with van der Waals surface area (Å²) in [4.78, 5) is 40.4. The Bertz CT molecular complexity index is 2640. The maximum Gasteiger partial charge on any atom is 0.170 e. The first-order valence-corrected chi connectivity index (χ1v) is 20.3. The Morgan fingerprint density at radius 1 is 0.603 bits per heavy atom. The van der Waals surface area contributed by atoms with Crippen LogP contribution in [0.15, 0.2) is 183 Å². The second kappa shape index (κ2) is 19.0. The Kier molecular flexibility index (Phi) is 12.8. The van der Waals surface area contributed by atoms with Crippen LogP contribution in [0.2, 0.25) is 0 Å². The number of aromatic nitrogens is 4. The molecule has 0 aliphatic heterocycles. The molecule has 12 heteroatoms. The van der Waals surface area contributed by atoms with E-state index >= 15 is 0 Å². The minimum atomic E-state index is -1.45. The van der Waals surface area contributed by atoms with E-state index in [4.69, 9.17) is 28.9 Å². The predicted molar refractivity (Wildman–Crippen MR) is 238 cm³/mol. The monoisotopic (exact) mass is 839 g/mol. The maximum absolute atomic E-state index is 13.7. The van der Waals surface area contributed by atoms with E-state index in [1.54, 1.807) is 14.2 Å². The lowest BCUT2D eigenvalue weighted by atomic mass is 9.77. The van der Waals surface area contributed by atoms with E-state index in [0.29, 0.717) is 52.1 Å². The molecule has 0 radical (unpaired) electrons. The zero-order chi connectivity index (χ0) is 43.7. The fourth-order valence-electron chi connectivity index (χ4n) is 8.07. The van der Waals surface area contributed by atoms with Crippen molar-refractivity contribution >= 4 is 29.6 Å². The number of fused-ring (bicyclic) bond motifs is 1. The third-order valence-electron chi connectivity index (χ3n) is 11.1. The van der Waals surface area contributed by atoms with Crippen LogP contribution in [0.25, 0.3) is 11.2 Å². The van der Waals surface area contributed by atoms with Crippen molar-refractivity contribution in [3.63, 3.8) is 0 Å². The summed E-state index contributed by atoms with van der Waals surface area (Å²) >= 11 is 0. The molecule has 0 saturated heterocycles. The van der Waals surface area contributed by atoms with Gasteiger partial charge >= 0.3 is 0 Å². The smallest absolute Gasteiger partial charge is 0.170 e. The Hall–Kier alpha value is -7.51. The Labute approximate surface area is 364 Å². The van der Waals surface area contributed by atoms with Gasteiger partial charge in [0.1, 0.15) is 35.1 Å². The third kappa shape index (κ3) is 8.18. The molecule has 0 amide bonds. The molecule has 8 rings (SSSR count). The highest BCUT2D eigenvalue weighted by atomic mass is 16.6. The summed E-state index contributed by atoms with van der Waals surface area (Å²) in [7, 11) is 3.21. The first-order chi connectivity index (χ1) is 31.0. The molecule has 0 saturated carbocycles. The number of ether oxygens (including phenoxy) is 4. The fourth-order valence-corrected chi connectivity index (χ4v) is 8.07. The SMILES string of the molecule is COc1ccc(C(Nc2ncnc3c2ncn3[C@H](O[C@@H](C=O)CO)[C@@H](C=O)OC(c2ccccc2)(c2ccccc2)c2ccc(OC)cc2)(c2ccccc2)c2ccccc2)cc1. The summed E-state index contributed by atoms with van der Waals surface area (Å²) in [6.45, 7) is -0.667. The molecule has 0 fully saturated rings. The zero-order valence-electron chi connectivity index (χ0n) is 34.6. The first-order valence-electron chi connectivity index (χ1n) is 20.3. The number of rotatable bonds is 19. The standard InChI is InChI=1S/C51H45N5O7/c1-60-42-27-23-38(24-28-42)50(36-15-7-3-8-16-36,37-17-9-4-10-18-37)55-47-46-48(53-34-52-47)56(35-54-46)49(62-44(31-57)32-58)45(33-59)63-51(39-19-11-5-12-20-39,40-21-13-6-14-22-40)41-25-29-43(61-2)30-26-41/h3-31,33-35,44-45,49,58H,32H2,1-2H3,(H,52,53,55)/t44-,45+,49+/m0/s1. The van der Waals surface area contributed by atoms with E-state index in [1.807, 2.05) is 170 Å². The van der Waals surface area contributed by atoms with Crippen LogP contribution in [-0.4, -0.2) is 70.2 Å². The van der Waals surface area contributed by atoms with Crippen molar-refractivity contribution in [1.29, 1.82) is 0 Å². The molecule has 0 bridgehead atoms. The van der Waals surface area contributed by atoms with Gasteiger partial charge in [-0.3, -0.25) is 4.57 Å². The molecule has 3 atom stereocenters. The van der Waals surface area contributed by atoms with Gasteiger partial charge in [-0.05, 0) is 57.6 Å². The average molecular weight is 840 g/mol. The van der Waals surface area contributed by atoms with Crippen LogP contribution in [0.5, 0.6) is 11.5 Å². The summed E-state index contributed by atoms with van der Waals surface area (Å²) in [5.74, 6) is 1.69. The maximum atomic E-state index is 13.7. The molecule has 0 aliphatic rings. The highest BCUT2D eigenvalue weighted by Crippen LogP contribution is 2.45. The second-order valence-electron chi connectivity index (χ2n) is 14.6. The molecule has 2 aromatic heterocycles. The van der Waals surface area contributed by atoms with E-state index in [0.717, 1.165) is 16.7 Å². The Morgan fingerprint density at radius 2 is 1.06 bits per heavy atom. The van der Waals surface area contributed by atoms with Crippen LogP contribution in [0, 0.1) is 0 Å². The highest BCUT2D eigenvalue weighted by Gasteiger charge is 2.44. The van der Waals surface area contributed by atoms with Gasteiger partial charge in [-0.1, -0.05) is 146 Å². The number of imidazole rings is 1. The highest BCUT2D eigenvalue weighted by molar-refractivity contribution is 5.84. The molecule has 2 N–H and O–H groups in total. The number of anilines is 1. The lowest BCUT2D eigenvalue weighted by molar-refractivity contribution is -0.175. The Balaban J connectivity index is 1.30. The molecule has 63 heavy (non-hydrogen) atoms. The number of aldehydes is 2. The van der Waals surface area contributed by atoms with Crippen molar-refractivity contribution in [1.82, 2.24) is 19.5 Å². The van der Waals surface area contributed by atoms with Crippen molar-refractivity contribution in [2.24, 2.45) is 0 Å². The van der Waals surface area contributed by atoms with E-state index in [-0.39, 0.29) is 5.65 Å². The van der Waals surface area contributed by atoms with Gasteiger partial charge in [0.15, 0.2) is 41.9 Å². The average Bonchev–Trinajstić information content (AvgIpc) is 3.80. The van der Waals surface area contributed by atoms with Crippen LogP contribution in [0.4, 0.5) is 5.82 Å². The number of methoxy groups -OCH3 is 2. The normalized spacial score (nSPS) is 13.1. The third-order valence-corrected chi connectivity index (χ3v) is 11.1. The zero-order valence-corrected chi connectivity index (χ0v) is 34.6. The summed E-state index contributed by atoms with van der Waals surface area (Å²) in [6.07, 6.45) is -0.224. The molecule has 0 aliphatic carbocycles. The number of benzene rings is 6. The summed E-state index contributed by atoms with van der Waals surface area (Å²) in [6, 6.07) is 54.3. The van der Waals surface area contributed by atoms with Gasteiger partial charge in [0.05, 0.1) is 27.2 Å². The van der Waals surface area contributed by atoms with Gasteiger partial charge in [0, 0.05) is 0 Å². The molecule has 6 aromatic carbocycles. The van der Waals surface area contributed by atoms with Gasteiger partial charge in [-0.15, -0.1) is 0 Å². The molecule has 0 spiro atoms. The minimum Gasteiger partial charge on any atom is -0.497 e. The first kappa shape index (κ1) is 42.2. The number of carbonyl (C=O) groups excluding carboxylic acids is 2. The van der Waals surface area contributed by atoms with Crippen LogP contribution >= 0.6 is 0 Å². The lowest BCUT2D eigenvalue weighted by Gasteiger charge is -2.40. The van der Waals surface area contributed by atoms with Gasteiger partial charge in [-0.25, -0.2) is 15.0 Å². The molecule has 316 valence electrons.